The molecular formula is C16H16ClN5O4S. The summed E-state index contributed by atoms with van der Waals surface area (Å²) in [5.41, 5.74) is 0.646. The van der Waals surface area contributed by atoms with E-state index in [2.05, 4.69) is 20.8 Å². The van der Waals surface area contributed by atoms with Gasteiger partial charge in [-0.1, -0.05) is 41.1 Å². The van der Waals surface area contributed by atoms with Crippen molar-refractivity contribution in [1.29, 1.82) is 0 Å². The highest BCUT2D eigenvalue weighted by Crippen LogP contribution is 2.21. The van der Waals surface area contributed by atoms with Crippen LogP contribution in [0.4, 0.5) is 9.93 Å². The smallest absolute Gasteiger partial charge is 0.325 e. The number of rotatable bonds is 7. The van der Waals surface area contributed by atoms with Gasteiger partial charge in [0.1, 0.15) is 17.7 Å². The third kappa shape index (κ3) is 4.59. The number of amides is 4. The van der Waals surface area contributed by atoms with Gasteiger partial charge in [0.15, 0.2) is 0 Å². The van der Waals surface area contributed by atoms with Crippen molar-refractivity contribution in [2.24, 2.45) is 0 Å². The van der Waals surface area contributed by atoms with E-state index in [1.54, 1.807) is 24.3 Å². The molecule has 0 bridgehead atoms. The Bertz CT molecular complexity index is 874. The number of nitrogens with zero attached hydrogens (tertiary/aromatic N) is 3. The monoisotopic (exact) mass is 409 g/mol. The summed E-state index contributed by atoms with van der Waals surface area (Å²) in [7, 11) is 1.53. The van der Waals surface area contributed by atoms with Crippen molar-refractivity contribution in [1.82, 2.24) is 20.4 Å². The van der Waals surface area contributed by atoms with Crippen molar-refractivity contribution in [3.8, 4) is 0 Å². The van der Waals surface area contributed by atoms with Crippen LogP contribution in [0.3, 0.4) is 0 Å². The van der Waals surface area contributed by atoms with Gasteiger partial charge in [-0.2, -0.15) is 0 Å². The van der Waals surface area contributed by atoms with Crippen molar-refractivity contribution in [3.05, 3.63) is 39.9 Å². The Morgan fingerprint density at radius 3 is 2.89 bits per heavy atom. The first kappa shape index (κ1) is 19.2. The molecule has 1 aromatic carbocycles. The van der Waals surface area contributed by atoms with Crippen LogP contribution in [0.1, 0.15) is 17.0 Å². The average molecular weight is 410 g/mol. The van der Waals surface area contributed by atoms with Crippen molar-refractivity contribution in [3.63, 3.8) is 0 Å². The minimum Gasteiger partial charge on any atom is -0.377 e. The van der Waals surface area contributed by atoms with E-state index in [0.29, 0.717) is 27.3 Å². The summed E-state index contributed by atoms with van der Waals surface area (Å²) in [4.78, 5) is 37.8. The van der Waals surface area contributed by atoms with Crippen molar-refractivity contribution in [2.45, 2.75) is 25.6 Å². The number of carbonyl (C=O) groups is 3. The predicted molar refractivity (Wildman–Crippen MR) is 98.2 cm³/mol. The molecule has 0 spiro atoms. The zero-order valence-electron chi connectivity index (χ0n) is 14.3. The molecule has 3 rings (SSSR count). The van der Waals surface area contributed by atoms with Crippen LogP contribution in [0.5, 0.6) is 0 Å². The molecule has 1 fully saturated rings. The zero-order chi connectivity index (χ0) is 19.4. The van der Waals surface area contributed by atoms with E-state index < -0.39 is 23.9 Å². The number of benzene rings is 1. The van der Waals surface area contributed by atoms with Crippen LogP contribution in [0.15, 0.2) is 24.3 Å². The molecule has 1 atom stereocenters. The van der Waals surface area contributed by atoms with E-state index in [9.17, 15) is 14.4 Å². The number of aromatic nitrogens is 2. The predicted octanol–water partition coefficient (Wildman–Crippen LogP) is 1.79. The Kier molecular flexibility index (Phi) is 5.99. The topological polar surface area (TPSA) is 114 Å². The van der Waals surface area contributed by atoms with Crippen molar-refractivity contribution < 1.29 is 19.1 Å². The van der Waals surface area contributed by atoms with E-state index in [1.807, 2.05) is 0 Å². The maximum Gasteiger partial charge on any atom is 0.325 e. The maximum atomic E-state index is 12.5. The molecule has 142 valence electrons. The van der Waals surface area contributed by atoms with Gasteiger partial charge in [0.25, 0.3) is 5.91 Å². The normalized spacial score (nSPS) is 16.5. The number of carbonyl (C=O) groups excluding carboxylic acids is 3. The lowest BCUT2D eigenvalue weighted by atomic mass is 10.1. The number of urea groups is 1. The molecule has 4 amide bonds. The van der Waals surface area contributed by atoms with Gasteiger partial charge in [0.05, 0.1) is 13.0 Å². The first-order chi connectivity index (χ1) is 13.0. The lowest BCUT2D eigenvalue weighted by Gasteiger charge is -2.14. The van der Waals surface area contributed by atoms with E-state index in [1.165, 1.54) is 18.4 Å². The number of hydrogen-bond donors (Lipinski definition) is 2. The van der Waals surface area contributed by atoms with Gasteiger partial charge < -0.3 is 15.4 Å². The summed E-state index contributed by atoms with van der Waals surface area (Å²) in [5, 5.41) is 14.1. The molecule has 2 heterocycles. The molecule has 2 aromatic rings. The van der Waals surface area contributed by atoms with Gasteiger partial charge in [-0.05, 0) is 11.6 Å². The largest absolute Gasteiger partial charge is 0.377 e. The van der Waals surface area contributed by atoms with E-state index >= 15 is 0 Å². The SMILES string of the molecule is COCc1nnc(NC(=O)C[C@@H]2NC(=O)N(Cc3ccccc3Cl)C2=O)s1. The van der Waals surface area contributed by atoms with Crippen molar-refractivity contribution in [2.75, 3.05) is 12.4 Å². The molecule has 0 saturated carbocycles. The third-order valence-corrected chi connectivity index (χ3v) is 4.94. The highest BCUT2D eigenvalue weighted by Gasteiger charge is 2.39. The fourth-order valence-electron chi connectivity index (χ4n) is 2.50. The Hall–Kier alpha value is -2.56. The molecular weight excluding hydrogens is 394 g/mol. The summed E-state index contributed by atoms with van der Waals surface area (Å²) >= 11 is 7.25. The van der Waals surface area contributed by atoms with Crippen LogP contribution in [-0.4, -0.2) is 46.1 Å². The summed E-state index contributed by atoms with van der Waals surface area (Å²) in [6.45, 7) is 0.334. The lowest BCUT2D eigenvalue weighted by Crippen LogP contribution is -2.34. The van der Waals surface area contributed by atoms with Gasteiger partial charge in [-0.3, -0.25) is 14.5 Å². The number of imide groups is 1. The highest BCUT2D eigenvalue weighted by atomic mass is 35.5. The van der Waals surface area contributed by atoms with Crippen LogP contribution in [-0.2, 0) is 27.5 Å². The van der Waals surface area contributed by atoms with E-state index in [4.69, 9.17) is 16.3 Å². The summed E-state index contributed by atoms with van der Waals surface area (Å²) in [6.07, 6.45) is -0.206. The summed E-state index contributed by atoms with van der Waals surface area (Å²) in [5.74, 6) is -0.930. The highest BCUT2D eigenvalue weighted by molar-refractivity contribution is 7.15. The minimum atomic E-state index is -0.939. The molecule has 27 heavy (non-hydrogen) atoms. The van der Waals surface area contributed by atoms with Gasteiger partial charge in [0.2, 0.25) is 11.0 Å². The van der Waals surface area contributed by atoms with Crippen LogP contribution in [0, 0.1) is 0 Å². The second-order valence-electron chi connectivity index (χ2n) is 5.70. The van der Waals surface area contributed by atoms with Crippen molar-refractivity contribution >= 4 is 45.9 Å². The second-order valence-corrected chi connectivity index (χ2v) is 7.17. The molecule has 2 N–H and O–H groups in total. The molecule has 11 heteroatoms. The molecule has 9 nitrogen and oxygen atoms in total. The van der Waals surface area contributed by atoms with E-state index in [-0.39, 0.29) is 13.0 Å². The summed E-state index contributed by atoms with van der Waals surface area (Å²) in [6, 6.07) is 5.44. The number of ether oxygens (including phenoxy) is 1. The molecule has 1 saturated heterocycles. The Morgan fingerprint density at radius 2 is 2.15 bits per heavy atom. The number of nitrogens with one attached hydrogen (secondary N) is 2. The Balaban J connectivity index is 1.59. The number of methoxy groups -OCH3 is 1. The zero-order valence-corrected chi connectivity index (χ0v) is 15.8. The number of halogens is 1. The second kappa shape index (κ2) is 8.42. The fourth-order valence-corrected chi connectivity index (χ4v) is 3.43. The van der Waals surface area contributed by atoms with Crippen LogP contribution in [0.25, 0.3) is 0 Å². The summed E-state index contributed by atoms with van der Waals surface area (Å²) < 4.78 is 4.94. The van der Waals surface area contributed by atoms with Gasteiger partial charge in [0, 0.05) is 12.1 Å². The van der Waals surface area contributed by atoms with Crippen LogP contribution < -0.4 is 10.6 Å². The number of anilines is 1. The van der Waals surface area contributed by atoms with Crippen LogP contribution >= 0.6 is 22.9 Å². The van der Waals surface area contributed by atoms with E-state index in [0.717, 1.165) is 4.90 Å². The Labute approximate surface area is 163 Å². The van der Waals surface area contributed by atoms with Gasteiger partial charge >= 0.3 is 6.03 Å². The molecule has 0 unspecified atom stereocenters. The first-order valence-corrected chi connectivity index (χ1v) is 9.14. The molecule has 0 aliphatic carbocycles. The molecule has 1 aromatic heterocycles. The molecule has 1 aliphatic heterocycles. The van der Waals surface area contributed by atoms with Gasteiger partial charge in [-0.25, -0.2) is 4.79 Å². The van der Waals surface area contributed by atoms with Gasteiger partial charge in [-0.15, -0.1) is 10.2 Å². The third-order valence-electron chi connectivity index (χ3n) is 3.76. The molecule has 0 radical (unpaired) electrons. The fraction of sp³-hybridized carbons (Fsp3) is 0.312. The first-order valence-electron chi connectivity index (χ1n) is 7.94. The standard InChI is InChI=1S/C16H16ClN5O4S/c1-26-8-13-20-21-15(27-13)19-12(23)6-11-14(24)22(16(25)18-11)7-9-4-2-3-5-10(9)17/h2-5,11H,6-8H2,1H3,(H,18,25)(H,19,21,23)/t11-/m0/s1. The minimum absolute atomic E-state index is 0.0409. The quantitative estimate of drug-likeness (QED) is 0.674. The van der Waals surface area contributed by atoms with Crippen LogP contribution in [0.2, 0.25) is 5.02 Å². The Morgan fingerprint density at radius 1 is 1.37 bits per heavy atom. The number of hydrogen-bond acceptors (Lipinski definition) is 7. The lowest BCUT2D eigenvalue weighted by molar-refractivity contribution is -0.130. The molecule has 1 aliphatic rings. The maximum absolute atomic E-state index is 12.5. The average Bonchev–Trinajstić information content (AvgIpc) is 3.16.